The Bertz CT molecular complexity index is 408. The van der Waals surface area contributed by atoms with Gasteiger partial charge in [-0.15, -0.1) is 0 Å². The molecule has 0 fully saturated rings. The molecule has 1 aromatic carbocycles. The second-order valence-electron chi connectivity index (χ2n) is 4.35. The van der Waals surface area contributed by atoms with E-state index in [0.717, 1.165) is 15.6 Å². The Kier molecular flexibility index (Phi) is 6.89. The lowest BCUT2D eigenvalue weighted by Gasteiger charge is -2.09. The van der Waals surface area contributed by atoms with Crippen LogP contribution in [-0.4, -0.2) is 25.7 Å². The Labute approximate surface area is 125 Å². The molecule has 0 saturated carbocycles. The Morgan fingerprint density at radius 2 is 2.11 bits per heavy atom. The van der Waals surface area contributed by atoms with Crippen molar-refractivity contribution in [3.05, 3.63) is 32.7 Å². The molecule has 0 aliphatic rings. The maximum atomic E-state index is 11.9. The molecule has 0 radical (unpaired) electrons. The van der Waals surface area contributed by atoms with Crippen molar-refractivity contribution in [1.82, 2.24) is 5.32 Å². The molecular formula is C13H17Br2NO2. The molecule has 100 valence electrons. The summed E-state index contributed by atoms with van der Waals surface area (Å²) in [4.78, 5) is 11.9. The van der Waals surface area contributed by atoms with E-state index in [-0.39, 0.29) is 5.91 Å². The molecule has 0 unspecified atom stereocenters. The summed E-state index contributed by atoms with van der Waals surface area (Å²) in [5, 5.41) is 2.83. The molecule has 0 bridgehead atoms. The third-order valence-corrected chi connectivity index (χ3v) is 3.34. The van der Waals surface area contributed by atoms with Crippen molar-refractivity contribution in [1.29, 1.82) is 0 Å². The normalized spacial score (nSPS) is 10.7. The first-order valence-electron chi connectivity index (χ1n) is 5.81. The lowest BCUT2D eigenvalue weighted by molar-refractivity contribution is 0.0885. The van der Waals surface area contributed by atoms with E-state index >= 15 is 0 Å². The molecule has 1 aromatic rings. The highest BCUT2D eigenvalue weighted by Crippen LogP contribution is 2.21. The van der Waals surface area contributed by atoms with Gasteiger partial charge < -0.3 is 10.1 Å². The van der Waals surface area contributed by atoms with Crippen molar-refractivity contribution in [2.45, 2.75) is 13.8 Å². The van der Waals surface area contributed by atoms with Crippen molar-refractivity contribution >= 4 is 37.8 Å². The molecule has 3 nitrogen and oxygen atoms in total. The van der Waals surface area contributed by atoms with E-state index in [4.69, 9.17) is 4.74 Å². The van der Waals surface area contributed by atoms with Crippen LogP contribution in [0.4, 0.5) is 0 Å². The van der Waals surface area contributed by atoms with Crippen LogP contribution in [0.15, 0.2) is 27.1 Å². The minimum absolute atomic E-state index is 0.101. The topological polar surface area (TPSA) is 38.3 Å². The number of carbonyl (C=O) groups excluding carboxylic acids is 1. The van der Waals surface area contributed by atoms with Crippen molar-refractivity contribution < 1.29 is 9.53 Å². The average Bonchev–Trinajstić information content (AvgIpc) is 2.31. The van der Waals surface area contributed by atoms with E-state index in [0.29, 0.717) is 24.6 Å². The zero-order valence-electron chi connectivity index (χ0n) is 10.5. The number of ether oxygens (including phenoxy) is 1. The van der Waals surface area contributed by atoms with Gasteiger partial charge in [-0.2, -0.15) is 0 Å². The van der Waals surface area contributed by atoms with E-state index in [1.54, 1.807) is 6.07 Å². The summed E-state index contributed by atoms with van der Waals surface area (Å²) in [5.74, 6) is 0.413. The molecule has 18 heavy (non-hydrogen) atoms. The van der Waals surface area contributed by atoms with Crippen LogP contribution in [0.25, 0.3) is 0 Å². The third-order valence-electron chi connectivity index (χ3n) is 2.16. The molecule has 0 aliphatic carbocycles. The molecule has 0 heterocycles. The van der Waals surface area contributed by atoms with Crippen molar-refractivity contribution in [3.8, 4) is 0 Å². The van der Waals surface area contributed by atoms with Gasteiger partial charge in [-0.3, -0.25) is 4.79 Å². The summed E-state index contributed by atoms with van der Waals surface area (Å²) in [6, 6.07) is 5.51. The fourth-order valence-corrected chi connectivity index (χ4v) is 2.11. The summed E-state index contributed by atoms with van der Waals surface area (Å²) < 4.78 is 7.06. The highest BCUT2D eigenvalue weighted by atomic mass is 79.9. The maximum absolute atomic E-state index is 11.9. The van der Waals surface area contributed by atoms with Crippen LogP contribution in [0.3, 0.4) is 0 Å². The molecule has 5 heteroatoms. The lowest BCUT2D eigenvalue weighted by Crippen LogP contribution is -2.28. The minimum atomic E-state index is -0.101. The third kappa shape index (κ3) is 5.50. The summed E-state index contributed by atoms with van der Waals surface area (Å²) in [6.07, 6.45) is 0. The fraction of sp³-hybridized carbons (Fsp3) is 0.462. The van der Waals surface area contributed by atoms with Gasteiger partial charge in [0, 0.05) is 22.1 Å². The van der Waals surface area contributed by atoms with Gasteiger partial charge in [-0.05, 0) is 40.0 Å². The van der Waals surface area contributed by atoms with E-state index in [9.17, 15) is 4.79 Å². The Morgan fingerprint density at radius 3 is 2.78 bits per heavy atom. The van der Waals surface area contributed by atoms with Gasteiger partial charge in [0.25, 0.3) is 5.91 Å². The monoisotopic (exact) mass is 377 g/mol. The highest BCUT2D eigenvalue weighted by molar-refractivity contribution is 9.11. The second-order valence-corrected chi connectivity index (χ2v) is 6.12. The van der Waals surface area contributed by atoms with Crippen LogP contribution < -0.4 is 5.32 Å². The molecule has 0 aliphatic heterocycles. The molecule has 0 atom stereocenters. The number of nitrogens with one attached hydrogen (secondary N) is 1. The SMILES string of the molecule is CC(C)COCCNC(=O)c1cc(Br)ccc1Br. The number of hydrogen-bond acceptors (Lipinski definition) is 2. The predicted octanol–water partition coefficient (Wildman–Crippen LogP) is 3.61. The molecule has 1 N–H and O–H groups in total. The minimum Gasteiger partial charge on any atom is -0.379 e. The number of halogens is 2. The van der Waals surface area contributed by atoms with Crippen molar-refractivity contribution in [2.75, 3.05) is 19.8 Å². The smallest absolute Gasteiger partial charge is 0.252 e. The summed E-state index contributed by atoms with van der Waals surface area (Å²) in [5.41, 5.74) is 0.619. The Balaban J connectivity index is 2.39. The first kappa shape index (κ1) is 15.7. The Morgan fingerprint density at radius 1 is 1.39 bits per heavy atom. The van der Waals surface area contributed by atoms with Crippen LogP contribution in [0.2, 0.25) is 0 Å². The first-order valence-corrected chi connectivity index (χ1v) is 7.40. The van der Waals surface area contributed by atoms with Gasteiger partial charge in [0.05, 0.1) is 12.2 Å². The van der Waals surface area contributed by atoms with Crippen LogP contribution in [0.5, 0.6) is 0 Å². The number of carbonyl (C=O) groups is 1. The summed E-state index contributed by atoms with van der Waals surface area (Å²) in [7, 11) is 0. The molecule has 0 saturated heterocycles. The van der Waals surface area contributed by atoms with Gasteiger partial charge in [0.15, 0.2) is 0 Å². The number of rotatable bonds is 6. The van der Waals surface area contributed by atoms with Gasteiger partial charge in [0.2, 0.25) is 0 Å². The molecule has 0 aromatic heterocycles. The van der Waals surface area contributed by atoms with Crippen LogP contribution in [0, 0.1) is 5.92 Å². The zero-order valence-corrected chi connectivity index (χ0v) is 13.7. The molecule has 1 rings (SSSR count). The predicted molar refractivity (Wildman–Crippen MR) is 79.8 cm³/mol. The zero-order chi connectivity index (χ0) is 13.5. The molecule has 1 amide bonds. The maximum Gasteiger partial charge on any atom is 0.252 e. The number of amides is 1. The fourth-order valence-electron chi connectivity index (χ4n) is 1.32. The van der Waals surface area contributed by atoms with E-state index in [1.807, 2.05) is 12.1 Å². The summed E-state index contributed by atoms with van der Waals surface area (Å²) in [6.45, 7) is 5.96. The van der Waals surface area contributed by atoms with Crippen LogP contribution >= 0.6 is 31.9 Å². The van der Waals surface area contributed by atoms with Gasteiger partial charge in [-0.1, -0.05) is 29.8 Å². The lowest BCUT2D eigenvalue weighted by atomic mass is 10.2. The van der Waals surface area contributed by atoms with Crippen molar-refractivity contribution in [3.63, 3.8) is 0 Å². The molecular weight excluding hydrogens is 362 g/mol. The Hall–Kier alpha value is -0.390. The van der Waals surface area contributed by atoms with Crippen LogP contribution in [0.1, 0.15) is 24.2 Å². The van der Waals surface area contributed by atoms with Gasteiger partial charge in [-0.25, -0.2) is 0 Å². The molecule has 0 spiro atoms. The number of hydrogen-bond donors (Lipinski definition) is 1. The number of benzene rings is 1. The van der Waals surface area contributed by atoms with E-state index < -0.39 is 0 Å². The largest absolute Gasteiger partial charge is 0.379 e. The standard InChI is InChI=1S/C13H17Br2NO2/c1-9(2)8-18-6-5-16-13(17)11-7-10(14)3-4-12(11)15/h3-4,7,9H,5-6,8H2,1-2H3,(H,16,17). The quantitative estimate of drug-likeness (QED) is 0.768. The first-order chi connectivity index (χ1) is 8.50. The second kappa shape index (κ2) is 7.92. The van der Waals surface area contributed by atoms with E-state index in [2.05, 4.69) is 51.0 Å². The van der Waals surface area contributed by atoms with Gasteiger partial charge in [0.1, 0.15) is 0 Å². The van der Waals surface area contributed by atoms with Crippen LogP contribution in [-0.2, 0) is 4.74 Å². The highest BCUT2D eigenvalue weighted by Gasteiger charge is 2.09. The average molecular weight is 379 g/mol. The summed E-state index contributed by atoms with van der Waals surface area (Å²) >= 11 is 6.71. The van der Waals surface area contributed by atoms with Crippen molar-refractivity contribution in [2.24, 2.45) is 5.92 Å². The van der Waals surface area contributed by atoms with Gasteiger partial charge >= 0.3 is 0 Å². The van der Waals surface area contributed by atoms with E-state index in [1.165, 1.54) is 0 Å².